The van der Waals surface area contributed by atoms with Crippen molar-refractivity contribution < 1.29 is 30.0 Å². The molecule has 0 bridgehead atoms. The number of ketones is 1. The Balaban J connectivity index is 0.000000363. The van der Waals surface area contributed by atoms with Gasteiger partial charge in [0.05, 0.1) is 19.3 Å². The smallest absolute Gasteiger partial charge is 0.162 e. The van der Waals surface area contributed by atoms with Gasteiger partial charge in [-0.25, -0.2) is 4.98 Å². The molecule has 2 aromatic heterocycles. The van der Waals surface area contributed by atoms with E-state index in [0.29, 0.717) is 0 Å². The molecular formula is C37H51IrN2O2SSi-. The Bertz CT molecular complexity index is 1590. The van der Waals surface area contributed by atoms with Crippen molar-refractivity contribution in [2.24, 2.45) is 11.8 Å². The third-order valence-electron chi connectivity index (χ3n) is 8.31. The van der Waals surface area contributed by atoms with Crippen LogP contribution in [0.1, 0.15) is 85.3 Å². The number of rotatable bonds is 9. The van der Waals surface area contributed by atoms with Crippen LogP contribution in [0.25, 0.3) is 32.2 Å². The van der Waals surface area contributed by atoms with E-state index in [1.165, 1.54) is 31.8 Å². The molecule has 44 heavy (non-hydrogen) atoms. The Kier molecular flexibility index (Phi) is 13.7. The molecule has 4 aromatic rings. The number of benzene rings is 2. The topological polar surface area (TPSA) is 63.1 Å². The van der Waals surface area contributed by atoms with Gasteiger partial charge in [-0.15, -0.1) is 40.5 Å². The maximum Gasteiger partial charge on any atom is 0.162 e. The van der Waals surface area contributed by atoms with Crippen LogP contribution in [0.2, 0.25) is 19.6 Å². The van der Waals surface area contributed by atoms with Gasteiger partial charge in [0.1, 0.15) is 6.33 Å². The molecule has 0 fully saturated rings. The van der Waals surface area contributed by atoms with Gasteiger partial charge in [-0.05, 0) is 48.1 Å². The van der Waals surface area contributed by atoms with Gasteiger partial charge in [0.2, 0.25) is 0 Å². The number of aryl methyl sites for hydroxylation is 1. The SMILES string of the molecule is CCC(CC)C(=O)/C=C(\O)C(CC)CC.Cc1c([Si](C)(C)C)sc2c(-c3[c-]c4ccccc4c(C(C)(C)C)c3)ncnc12.[Ir]. The zero-order valence-electron chi connectivity index (χ0n) is 28.5. The summed E-state index contributed by atoms with van der Waals surface area (Å²) in [5, 5.41) is 12.2. The first-order valence-electron chi connectivity index (χ1n) is 15.8. The minimum Gasteiger partial charge on any atom is -0.512 e. The normalized spacial score (nSPS) is 12.4. The summed E-state index contributed by atoms with van der Waals surface area (Å²) in [4.78, 5) is 21.1. The van der Waals surface area contributed by atoms with E-state index in [9.17, 15) is 9.90 Å². The predicted molar refractivity (Wildman–Crippen MR) is 189 cm³/mol. The van der Waals surface area contributed by atoms with E-state index in [0.717, 1.165) is 47.8 Å². The summed E-state index contributed by atoms with van der Waals surface area (Å²) in [6, 6.07) is 14.5. The first-order chi connectivity index (χ1) is 20.2. The van der Waals surface area contributed by atoms with Crippen LogP contribution in [0.15, 0.2) is 48.5 Å². The molecule has 0 atom stereocenters. The van der Waals surface area contributed by atoms with Crippen molar-refractivity contribution in [2.45, 2.75) is 106 Å². The number of carbonyl (C=O) groups excluding carboxylic acids is 1. The summed E-state index contributed by atoms with van der Waals surface area (Å²) in [7, 11) is -1.43. The summed E-state index contributed by atoms with van der Waals surface area (Å²) in [6.07, 6.45) is 6.62. The van der Waals surface area contributed by atoms with E-state index in [1.807, 2.05) is 39.0 Å². The van der Waals surface area contributed by atoms with Gasteiger partial charge in [0, 0.05) is 48.4 Å². The van der Waals surface area contributed by atoms with Crippen LogP contribution in [0, 0.1) is 24.8 Å². The summed E-state index contributed by atoms with van der Waals surface area (Å²) in [5.74, 6) is 0.547. The number of aliphatic hydroxyl groups excluding tert-OH is 1. The Labute approximate surface area is 284 Å². The molecule has 0 unspecified atom stereocenters. The first-order valence-corrected chi connectivity index (χ1v) is 20.1. The Morgan fingerprint density at radius 3 is 2.14 bits per heavy atom. The van der Waals surface area contributed by atoms with Gasteiger partial charge in [0.15, 0.2) is 5.78 Å². The molecule has 4 rings (SSSR count). The fourth-order valence-corrected chi connectivity index (χ4v) is 9.48. The molecule has 0 spiro atoms. The average Bonchev–Trinajstić information content (AvgIpc) is 3.30. The molecule has 0 saturated carbocycles. The molecule has 0 aliphatic carbocycles. The van der Waals surface area contributed by atoms with Crippen LogP contribution >= 0.6 is 11.3 Å². The molecule has 1 radical (unpaired) electrons. The molecule has 241 valence electrons. The number of carbonyl (C=O) groups is 1. The zero-order valence-corrected chi connectivity index (χ0v) is 32.7. The number of hydrogen-bond donors (Lipinski definition) is 1. The van der Waals surface area contributed by atoms with Gasteiger partial charge >= 0.3 is 0 Å². The van der Waals surface area contributed by atoms with Crippen LogP contribution < -0.4 is 4.50 Å². The van der Waals surface area contributed by atoms with E-state index in [2.05, 4.69) is 88.7 Å². The molecule has 0 amide bonds. The molecule has 7 heteroatoms. The molecular weight excluding hydrogens is 757 g/mol. The number of nitrogens with zero attached hydrogens (tertiary/aromatic N) is 2. The zero-order chi connectivity index (χ0) is 32.1. The molecule has 4 nitrogen and oxygen atoms in total. The van der Waals surface area contributed by atoms with E-state index in [1.54, 1.807) is 6.33 Å². The van der Waals surface area contributed by atoms with Crippen LogP contribution in [-0.4, -0.2) is 28.9 Å². The number of fused-ring (bicyclic) bond motifs is 2. The number of hydrogen-bond acceptors (Lipinski definition) is 5. The Hall–Kier alpha value is -2.18. The predicted octanol–water partition coefficient (Wildman–Crippen LogP) is 10.3. The van der Waals surface area contributed by atoms with Crippen molar-refractivity contribution in [1.82, 2.24) is 9.97 Å². The molecule has 2 aromatic carbocycles. The minimum absolute atomic E-state index is 0. The first kappa shape index (κ1) is 38.0. The van der Waals surface area contributed by atoms with Crippen LogP contribution in [0.4, 0.5) is 0 Å². The number of allylic oxidation sites excluding steroid dienone is 2. The third kappa shape index (κ3) is 8.75. The summed E-state index contributed by atoms with van der Waals surface area (Å²) in [5.41, 5.74) is 5.90. The fraction of sp³-hybridized carbons (Fsp3) is 0.486. The van der Waals surface area contributed by atoms with Gasteiger partial charge in [0.25, 0.3) is 0 Å². The van der Waals surface area contributed by atoms with Gasteiger partial charge in [-0.3, -0.25) is 9.78 Å². The second-order valence-electron chi connectivity index (χ2n) is 13.6. The van der Waals surface area contributed by atoms with Gasteiger partial charge in [-0.2, -0.15) is 0 Å². The average molecular weight is 808 g/mol. The van der Waals surface area contributed by atoms with Crippen LogP contribution in [0.5, 0.6) is 0 Å². The van der Waals surface area contributed by atoms with Crippen molar-refractivity contribution in [3.05, 3.63) is 65.7 Å². The maximum atomic E-state index is 11.7. The number of thiophene rings is 1. The van der Waals surface area contributed by atoms with Gasteiger partial charge in [-0.1, -0.05) is 97.3 Å². The number of aromatic nitrogens is 2. The summed E-state index contributed by atoms with van der Waals surface area (Å²) >= 11 is 1.89. The molecule has 0 aliphatic rings. The molecule has 0 saturated heterocycles. The van der Waals surface area contributed by atoms with E-state index in [-0.39, 0.29) is 48.9 Å². The van der Waals surface area contributed by atoms with Crippen molar-refractivity contribution in [3.63, 3.8) is 0 Å². The van der Waals surface area contributed by atoms with Crippen molar-refractivity contribution in [1.29, 1.82) is 0 Å². The minimum atomic E-state index is -1.43. The van der Waals surface area contributed by atoms with Crippen LogP contribution in [0.3, 0.4) is 0 Å². The molecule has 0 aliphatic heterocycles. The Morgan fingerprint density at radius 2 is 1.59 bits per heavy atom. The monoisotopic (exact) mass is 808 g/mol. The van der Waals surface area contributed by atoms with Crippen LogP contribution in [-0.2, 0) is 30.3 Å². The quantitative estimate of drug-likeness (QED) is 0.0792. The Morgan fingerprint density at radius 1 is 1.00 bits per heavy atom. The third-order valence-corrected chi connectivity index (χ3v) is 13.3. The summed E-state index contributed by atoms with van der Waals surface area (Å²) in [6.45, 7) is 24.3. The standard InChI is InChI=1S/C24H27N2SSi.C13H24O2.Ir/c1-15-20-22(27-23(15)28(5,6)7)21(26-14-25-20)17-12-16-10-8-9-11-18(16)19(13-17)24(2,3)4;1-5-10(6-2)12(14)9-13(15)11(7-3)8-4;/h8-11,13-14H,1-7H3;9-11,14H,5-8H2,1-4H3;/q-1;;/b;12-9-;. The maximum absolute atomic E-state index is 11.7. The van der Waals surface area contributed by atoms with Crippen molar-refractivity contribution in [2.75, 3.05) is 0 Å². The van der Waals surface area contributed by atoms with Crippen molar-refractivity contribution in [3.8, 4) is 11.3 Å². The molecule has 1 N–H and O–H groups in total. The van der Waals surface area contributed by atoms with Gasteiger partial charge < -0.3 is 5.11 Å². The number of aliphatic hydroxyl groups is 1. The second-order valence-corrected chi connectivity index (χ2v) is 20.0. The van der Waals surface area contributed by atoms with E-state index >= 15 is 0 Å². The summed E-state index contributed by atoms with van der Waals surface area (Å²) < 4.78 is 2.71. The molecule has 2 heterocycles. The van der Waals surface area contributed by atoms with E-state index < -0.39 is 8.07 Å². The second kappa shape index (κ2) is 15.9. The fourth-order valence-electron chi connectivity index (χ4n) is 5.69. The van der Waals surface area contributed by atoms with Crippen molar-refractivity contribution >= 4 is 50.7 Å². The van der Waals surface area contributed by atoms with E-state index in [4.69, 9.17) is 4.98 Å². The largest absolute Gasteiger partial charge is 0.512 e.